The monoisotopic (exact) mass is 881 g/mol. The molecule has 2 N–H and O–H groups in total. The Balaban J connectivity index is 0.760. The number of fused-ring (bicyclic) bond motifs is 2. The number of pyridine rings is 1. The van der Waals surface area contributed by atoms with Gasteiger partial charge in [0.2, 0.25) is 11.8 Å². The normalized spacial score (nSPS) is 21.7. The van der Waals surface area contributed by atoms with Gasteiger partial charge >= 0.3 is 6.03 Å². The number of hydrogen-bond acceptors (Lipinski definition) is 11. The van der Waals surface area contributed by atoms with E-state index in [1.54, 1.807) is 50.6 Å². The van der Waals surface area contributed by atoms with E-state index in [9.17, 15) is 33.2 Å². The number of hydrogen-bond donors (Lipinski definition) is 2. The second kappa shape index (κ2) is 17.6. The van der Waals surface area contributed by atoms with Crippen molar-refractivity contribution in [1.82, 2.24) is 34.8 Å². The largest absolute Gasteiger partial charge is 0.496 e. The molecule has 0 radical (unpaired) electrons. The fraction of sp³-hybridized carbons (Fsp3) is 0.532. The van der Waals surface area contributed by atoms with Crippen LogP contribution < -0.4 is 30.4 Å². The van der Waals surface area contributed by atoms with Crippen molar-refractivity contribution >= 4 is 29.7 Å². The highest BCUT2D eigenvalue weighted by molar-refractivity contribution is 6.23. The molecule has 5 aliphatic heterocycles. The molecule has 9 rings (SSSR count). The van der Waals surface area contributed by atoms with Crippen LogP contribution >= 0.6 is 0 Å². The van der Waals surface area contributed by atoms with Crippen LogP contribution in [0.1, 0.15) is 88.8 Å². The maximum absolute atomic E-state index is 14.2. The molecule has 1 atom stereocenters. The Morgan fingerprint density at radius 3 is 2.20 bits per heavy atom. The van der Waals surface area contributed by atoms with Gasteiger partial charge in [0.05, 0.1) is 43.6 Å². The first-order valence-electron chi connectivity index (χ1n) is 22.4. The van der Waals surface area contributed by atoms with Gasteiger partial charge in [-0.15, -0.1) is 0 Å². The molecular formula is C47H56FN7O9. The van der Waals surface area contributed by atoms with E-state index in [4.69, 9.17) is 14.2 Å². The summed E-state index contributed by atoms with van der Waals surface area (Å²) in [4.78, 5) is 83.7. The molecule has 16 nitrogen and oxygen atoms in total. The van der Waals surface area contributed by atoms with E-state index in [1.165, 1.54) is 0 Å². The minimum Gasteiger partial charge on any atom is -0.496 e. The third-order valence-corrected chi connectivity index (χ3v) is 14.6. The highest BCUT2D eigenvalue weighted by Gasteiger charge is 2.48. The van der Waals surface area contributed by atoms with Gasteiger partial charge in [-0.3, -0.25) is 43.7 Å². The van der Waals surface area contributed by atoms with Crippen LogP contribution in [-0.2, 0) is 35.9 Å². The lowest BCUT2D eigenvalue weighted by Crippen LogP contribution is -2.54. The first-order valence-corrected chi connectivity index (χ1v) is 22.4. The number of amides is 6. The number of urea groups is 1. The molecule has 64 heavy (non-hydrogen) atoms. The van der Waals surface area contributed by atoms with E-state index < -0.39 is 42.0 Å². The van der Waals surface area contributed by atoms with E-state index >= 15 is 0 Å². The van der Waals surface area contributed by atoms with E-state index in [1.807, 2.05) is 12.1 Å². The molecule has 1 aliphatic carbocycles. The number of carbonyl (C=O) groups excluding carboxylic acids is 5. The van der Waals surface area contributed by atoms with Crippen LogP contribution in [0.15, 0.2) is 41.3 Å². The zero-order chi connectivity index (χ0) is 44.9. The van der Waals surface area contributed by atoms with Gasteiger partial charge in [-0.1, -0.05) is 0 Å². The van der Waals surface area contributed by atoms with Crippen molar-refractivity contribution in [1.29, 1.82) is 0 Å². The molecule has 1 unspecified atom stereocenters. The van der Waals surface area contributed by atoms with Gasteiger partial charge in [-0.05, 0) is 130 Å². The molecular weight excluding hydrogens is 826 g/mol. The number of ether oxygens (including phenoxy) is 3. The number of alkyl halides is 1. The Bertz CT molecular complexity index is 2410. The van der Waals surface area contributed by atoms with Gasteiger partial charge in [0.25, 0.3) is 17.4 Å². The summed E-state index contributed by atoms with van der Waals surface area (Å²) in [6, 6.07) is 7.53. The highest BCUT2D eigenvalue weighted by Crippen LogP contribution is 2.51. The Kier molecular flexibility index (Phi) is 12.0. The van der Waals surface area contributed by atoms with Gasteiger partial charge in [-0.25, -0.2) is 9.18 Å². The van der Waals surface area contributed by atoms with Crippen LogP contribution in [0.4, 0.5) is 9.18 Å². The smallest absolute Gasteiger partial charge is 0.317 e. The lowest BCUT2D eigenvalue weighted by molar-refractivity contribution is -0.136. The molecule has 6 amide bonds. The van der Waals surface area contributed by atoms with Crippen molar-refractivity contribution in [2.45, 2.75) is 89.8 Å². The molecule has 6 heterocycles. The van der Waals surface area contributed by atoms with Crippen molar-refractivity contribution in [3.05, 3.63) is 74.7 Å². The summed E-state index contributed by atoms with van der Waals surface area (Å²) < 4.78 is 33.4. The number of rotatable bonds is 11. The summed E-state index contributed by atoms with van der Waals surface area (Å²) in [5.41, 5.74) is 3.92. The van der Waals surface area contributed by atoms with Crippen molar-refractivity contribution in [2.24, 2.45) is 11.3 Å². The first-order chi connectivity index (χ1) is 30.9. The van der Waals surface area contributed by atoms with E-state index in [-0.39, 0.29) is 48.1 Å². The number of piperidine rings is 3. The van der Waals surface area contributed by atoms with Crippen LogP contribution in [0.25, 0.3) is 11.1 Å². The second-order valence-corrected chi connectivity index (χ2v) is 18.3. The fourth-order valence-corrected chi connectivity index (χ4v) is 10.9. The van der Waals surface area contributed by atoms with Crippen LogP contribution in [0.2, 0.25) is 0 Å². The summed E-state index contributed by atoms with van der Waals surface area (Å²) in [7, 11) is 4.82. The van der Waals surface area contributed by atoms with Crippen LogP contribution in [0.3, 0.4) is 0 Å². The Morgan fingerprint density at radius 1 is 0.844 bits per heavy atom. The van der Waals surface area contributed by atoms with Crippen molar-refractivity contribution < 1.29 is 42.6 Å². The van der Waals surface area contributed by atoms with Crippen molar-refractivity contribution in [2.75, 3.05) is 60.5 Å². The zero-order valence-electron chi connectivity index (χ0n) is 36.7. The van der Waals surface area contributed by atoms with E-state index in [0.29, 0.717) is 48.2 Å². The number of carbonyl (C=O) groups is 5. The van der Waals surface area contributed by atoms with Gasteiger partial charge in [-0.2, -0.15) is 0 Å². The van der Waals surface area contributed by atoms with Crippen molar-refractivity contribution in [3.8, 4) is 28.4 Å². The first kappa shape index (κ1) is 43.4. The van der Waals surface area contributed by atoms with Gasteiger partial charge in [0.1, 0.15) is 23.3 Å². The minimum absolute atomic E-state index is 0.0348. The standard InChI is InChI=1S/C47H56FN7O9/c1-49-46(61)53-15-10-32-35(25-54(27-48)43(58)36(32)26-53)29-18-39(62-2)37(40(19-29)63-3)24-51-13-8-28(9-14-51)23-52-16-11-47(12-17-52)21-31(22-47)64-30-4-5-33-34(20-30)45(60)55(44(33)59)38-6-7-41(56)50-42(38)57/h4-5,18-20,25,28,31,38H,6-17,21-24,26-27H2,1-3H3,(H,49,61)(H,50,56,57). The second-order valence-electron chi connectivity index (χ2n) is 18.3. The number of imide groups is 2. The maximum atomic E-state index is 14.2. The van der Waals surface area contributed by atoms with Gasteiger partial charge in [0, 0.05) is 50.4 Å². The SMILES string of the molecule is CNC(=O)N1CCc2c(-c3cc(OC)c(CN4CCC(CN5CCC6(CC5)CC(Oc5ccc7c(c5)C(=O)N(C5CCC(=O)NC5=O)C7=O)C6)CC4)c(OC)c3)cn(CF)c(=O)c2C1. The average Bonchev–Trinajstić information content (AvgIpc) is 3.54. The van der Waals surface area contributed by atoms with Crippen LogP contribution in [-0.4, -0.2) is 127 Å². The lowest BCUT2D eigenvalue weighted by Gasteiger charge is -2.52. The number of benzene rings is 2. The van der Waals surface area contributed by atoms with E-state index in [0.717, 1.165) is 103 Å². The quantitative estimate of drug-likeness (QED) is 0.266. The van der Waals surface area contributed by atoms with Crippen LogP contribution in [0, 0.1) is 11.3 Å². The number of nitrogens with one attached hydrogen (secondary N) is 2. The number of likely N-dealkylation sites (tertiary alicyclic amines) is 2. The van der Waals surface area contributed by atoms with Crippen molar-refractivity contribution in [3.63, 3.8) is 0 Å². The average molecular weight is 882 g/mol. The maximum Gasteiger partial charge on any atom is 0.317 e. The third-order valence-electron chi connectivity index (χ3n) is 14.6. The molecule has 3 saturated heterocycles. The molecule has 6 aliphatic rings. The number of methoxy groups -OCH3 is 2. The molecule has 4 fully saturated rings. The molecule has 17 heteroatoms. The molecule has 1 saturated carbocycles. The Morgan fingerprint density at radius 2 is 1.55 bits per heavy atom. The van der Waals surface area contributed by atoms with E-state index in [2.05, 4.69) is 20.4 Å². The summed E-state index contributed by atoms with van der Waals surface area (Å²) in [6.45, 7) is 5.29. The molecule has 2 aromatic carbocycles. The third kappa shape index (κ3) is 8.12. The fourth-order valence-electron chi connectivity index (χ4n) is 10.9. The number of halogens is 1. The zero-order valence-corrected chi connectivity index (χ0v) is 36.7. The highest BCUT2D eigenvalue weighted by atomic mass is 19.1. The van der Waals surface area contributed by atoms with Crippen LogP contribution in [0.5, 0.6) is 17.2 Å². The molecule has 1 aromatic heterocycles. The molecule has 3 aromatic rings. The Labute approximate surface area is 371 Å². The lowest BCUT2D eigenvalue weighted by atomic mass is 9.61. The summed E-state index contributed by atoms with van der Waals surface area (Å²) in [6.07, 6.45) is 8.55. The van der Waals surface area contributed by atoms with Gasteiger partial charge < -0.3 is 29.3 Å². The summed E-state index contributed by atoms with van der Waals surface area (Å²) >= 11 is 0. The summed E-state index contributed by atoms with van der Waals surface area (Å²) in [5, 5.41) is 4.85. The predicted molar refractivity (Wildman–Crippen MR) is 232 cm³/mol. The number of aromatic nitrogens is 1. The summed E-state index contributed by atoms with van der Waals surface area (Å²) in [5.74, 6) is 0.374. The Hall–Kier alpha value is -5.81. The molecule has 1 spiro atoms. The minimum atomic E-state index is -0.999. The molecule has 340 valence electrons. The topological polar surface area (TPSA) is 172 Å². The van der Waals surface area contributed by atoms with Gasteiger partial charge in [0.15, 0.2) is 6.80 Å². The number of nitrogens with zero attached hydrogens (tertiary/aromatic N) is 5. The predicted octanol–water partition coefficient (Wildman–Crippen LogP) is 4.09. The molecule has 0 bridgehead atoms.